The molecule has 2 aliphatic rings. The quantitative estimate of drug-likeness (QED) is 0.817. The van der Waals surface area contributed by atoms with E-state index >= 15 is 0 Å². The average molecular weight is 244 g/mol. The fourth-order valence-corrected chi connectivity index (χ4v) is 3.19. The van der Waals surface area contributed by atoms with Crippen molar-refractivity contribution in [1.82, 2.24) is 5.32 Å². The molecule has 3 rings (SSSR count). The zero-order valence-corrected chi connectivity index (χ0v) is 11.8. The standard InChI is InChI=1S/C16H24N2/c1-12-4-5-15(13(2)8-12)18-11-16(6-7-16)10-17-9-14(18)3/h4-5,8,14,17H,6-7,9-11H2,1-3H3. The number of nitrogens with one attached hydrogen (secondary N) is 1. The Bertz CT molecular complexity index is 448. The van der Waals surface area contributed by atoms with Crippen LogP contribution in [-0.4, -0.2) is 25.7 Å². The summed E-state index contributed by atoms with van der Waals surface area (Å²) < 4.78 is 0. The Morgan fingerprint density at radius 2 is 2.06 bits per heavy atom. The van der Waals surface area contributed by atoms with Crippen molar-refractivity contribution in [2.24, 2.45) is 5.41 Å². The molecule has 18 heavy (non-hydrogen) atoms. The summed E-state index contributed by atoms with van der Waals surface area (Å²) in [6.45, 7) is 10.3. The number of hydrogen-bond donors (Lipinski definition) is 1. The molecule has 0 radical (unpaired) electrons. The van der Waals surface area contributed by atoms with Crippen LogP contribution in [0.25, 0.3) is 0 Å². The van der Waals surface area contributed by atoms with E-state index in [2.05, 4.69) is 49.2 Å². The van der Waals surface area contributed by atoms with E-state index in [1.807, 2.05) is 0 Å². The second-order valence-corrected chi connectivity index (χ2v) is 6.40. The third-order valence-electron chi connectivity index (χ3n) is 4.60. The van der Waals surface area contributed by atoms with Crippen LogP contribution in [0.3, 0.4) is 0 Å². The lowest BCUT2D eigenvalue weighted by molar-refractivity contribution is 0.500. The minimum Gasteiger partial charge on any atom is -0.367 e. The van der Waals surface area contributed by atoms with Crippen molar-refractivity contribution in [3.05, 3.63) is 29.3 Å². The van der Waals surface area contributed by atoms with Crippen LogP contribution in [0.5, 0.6) is 0 Å². The van der Waals surface area contributed by atoms with Crippen LogP contribution in [0.2, 0.25) is 0 Å². The summed E-state index contributed by atoms with van der Waals surface area (Å²) in [6.07, 6.45) is 2.79. The second-order valence-electron chi connectivity index (χ2n) is 6.40. The van der Waals surface area contributed by atoms with E-state index in [9.17, 15) is 0 Å². The first kappa shape index (κ1) is 12.0. The van der Waals surface area contributed by atoms with E-state index in [0.29, 0.717) is 11.5 Å². The van der Waals surface area contributed by atoms with Crippen LogP contribution in [0, 0.1) is 19.3 Å². The van der Waals surface area contributed by atoms with E-state index in [1.165, 1.54) is 42.7 Å². The normalized spacial score (nSPS) is 26.2. The molecule has 1 aromatic carbocycles. The van der Waals surface area contributed by atoms with E-state index in [-0.39, 0.29) is 0 Å². The Morgan fingerprint density at radius 1 is 1.28 bits per heavy atom. The zero-order valence-electron chi connectivity index (χ0n) is 11.8. The fourth-order valence-electron chi connectivity index (χ4n) is 3.19. The molecule has 1 aromatic rings. The minimum atomic E-state index is 0.572. The summed E-state index contributed by atoms with van der Waals surface area (Å²) in [5.74, 6) is 0. The van der Waals surface area contributed by atoms with Gasteiger partial charge in [-0.25, -0.2) is 0 Å². The van der Waals surface area contributed by atoms with E-state index in [4.69, 9.17) is 0 Å². The van der Waals surface area contributed by atoms with Gasteiger partial charge in [0, 0.05) is 36.8 Å². The molecule has 1 aliphatic carbocycles. The van der Waals surface area contributed by atoms with Gasteiger partial charge in [0.2, 0.25) is 0 Å². The highest BCUT2D eigenvalue weighted by atomic mass is 15.2. The molecule has 1 unspecified atom stereocenters. The lowest BCUT2D eigenvalue weighted by Crippen LogP contribution is -2.38. The summed E-state index contributed by atoms with van der Waals surface area (Å²) in [5.41, 5.74) is 4.78. The van der Waals surface area contributed by atoms with Gasteiger partial charge in [0.05, 0.1) is 0 Å². The smallest absolute Gasteiger partial charge is 0.0399 e. The molecular formula is C16H24N2. The average Bonchev–Trinajstić information content (AvgIpc) is 3.08. The van der Waals surface area contributed by atoms with Crippen LogP contribution < -0.4 is 10.2 Å². The first-order valence-corrected chi connectivity index (χ1v) is 7.14. The van der Waals surface area contributed by atoms with Gasteiger partial charge < -0.3 is 10.2 Å². The monoisotopic (exact) mass is 244 g/mol. The molecule has 0 aromatic heterocycles. The Hall–Kier alpha value is -1.02. The molecule has 1 saturated heterocycles. The molecule has 98 valence electrons. The maximum Gasteiger partial charge on any atom is 0.0399 e. The number of benzene rings is 1. The van der Waals surface area contributed by atoms with Crippen molar-refractivity contribution >= 4 is 5.69 Å². The van der Waals surface area contributed by atoms with Gasteiger partial charge in [0.25, 0.3) is 0 Å². The number of hydrogen-bond acceptors (Lipinski definition) is 2. The van der Waals surface area contributed by atoms with Crippen LogP contribution in [0.15, 0.2) is 18.2 Å². The molecule has 1 saturated carbocycles. The van der Waals surface area contributed by atoms with Crippen LogP contribution in [-0.2, 0) is 0 Å². The minimum absolute atomic E-state index is 0.572. The Labute approximate surface area is 110 Å². The molecule has 2 nitrogen and oxygen atoms in total. The number of aryl methyl sites for hydroxylation is 2. The van der Waals surface area contributed by atoms with Gasteiger partial charge in [-0.1, -0.05) is 17.7 Å². The highest BCUT2D eigenvalue weighted by Crippen LogP contribution is 2.47. The molecule has 2 fully saturated rings. The van der Waals surface area contributed by atoms with Crippen molar-refractivity contribution in [3.63, 3.8) is 0 Å². The Morgan fingerprint density at radius 3 is 2.72 bits per heavy atom. The first-order valence-electron chi connectivity index (χ1n) is 7.14. The topological polar surface area (TPSA) is 15.3 Å². The van der Waals surface area contributed by atoms with Crippen LogP contribution in [0.1, 0.15) is 30.9 Å². The van der Waals surface area contributed by atoms with E-state index < -0.39 is 0 Å². The van der Waals surface area contributed by atoms with Gasteiger partial charge in [-0.05, 0) is 45.2 Å². The first-order chi connectivity index (χ1) is 8.60. The lowest BCUT2D eigenvalue weighted by Gasteiger charge is -2.32. The highest BCUT2D eigenvalue weighted by molar-refractivity contribution is 5.55. The summed E-state index contributed by atoms with van der Waals surface area (Å²) >= 11 is 0. The fraction of sp³-hybridized carbons (Fsp3) is 0.625. The summed E-state index contributed by atoms with van der Waals surface area (Å²) in [4.78, 5) is 2.63. The summed E-state index contributed by atoms with van der Waals surface area (Å²) in [7, 11) is 0. The third kappa shape index (κ3) is 2.14. The highest BCUT2D eigenvalue weighted by Gasteiger charge is 2.45. The number of anilines is 1. The van der Waals surface area contributed by atoms with Gasteiger partial charge >= 0.3 is 0 Å². The van der Waals surface area contributed by atoms with Gasteiger partial charge in [0.15, 0.2) is 0 Å². The lowest BCUT2D eigenvalue weighted by atomic mass is 10.0. The van der Waals surface area contributed by atoms with Crippen molar-refractivity contribution in [1.29, 1.82) is 0 Å². The molecule has 2 heteroatoms. The predicted octanol–water partition coefficient (Wildman–Crippen LogP) is 2.88. The molecule has 1 N–H and O–H groups in total. The molecular weight excluding hydrogens is 220 g/mol. The summed E-state index contributed by atoms with van der Waals surface area (Å²) in [6, 6.07) is 7.45. The molecule has 1 aliphatic heterocycles. The van der Waals surface area contributed by atoms with E-state index in [0.717, 1.165) is 6.54 Å². The largest absolute Gasteiger partial charge is 0.367 e. The maximum absolute atomic E-state index is 3.64. The van der Waals surface area contributed by atoms with Crippen LogP contribution >= 0.6 is 0 Å². The molecule has 0 amide bonds. The zero-order chi connectivity index (χ0) is 12.8. The van der Waals surface area contributed by atoms with Crippen molar-refractivity contribution < 1.29 is 0 Å². The van der Waals surface area contributed by atoms with Gasteiger partial charge in [0.1, 0.15) is 0 Å². The van der Waals surface area contributed by atoms with Crippen molar-refractivity contribution in [3.8, 4) is 0 Å². The number of nitrogens with zero attached hydrogens (tertiary/aromatic N) is 1. The summed E-state index contributed by atoms with van der Waals surface area (Å²) in [5, 5.41) is 3.64. The van der Waals surface area contributed by atoms with Gasteiger partial charge in [-0.15, -0.1) is 0 Å². The van der Waals surface area contributed by atoms with Gasteiger partial charge in [-0.3, -0.25) is 0 Å². The second kappa shape index (κ2) is 4.27. The molecule has 1 heterocycles. The van der Waals surface area contributed by atoms with Crippen molar-refractivity contribution in [2.75, 3.05) is 24.5 Å². The molecule has 1 spiro atoms. The number of rotatable bonds is 1. The van der Waals surface area contributed by atoms with Gasteiger partial charge in [-0.2, -0.15) is 0 Å². The van der Waals surface area contributed by atoms with Crippen LogP contribution in [0.4, 0.5) is 5.69 Å². The molecule has 1 atom stereocenters. The SMILES string of the molecule is Cc1ccc(N2CC3(CC3)CNCC2C)c(C)c1. The molecule has 0 bridgehead atoms. The van der Waals surface area contributed by atoms with Crippen molar-refractivity contribution in [2.45, 2.75) is 39.7 Å². The van der Waals surface area contributed by atoms with E-state index in [1.54, 1.807) is 0 Å². The predicted molar refractivity (Wildman–Crippen MR) is 77.3 cm³/mol. The Kier molecular flexibility index (Phi) is 2.86. The Balaban J connectivity index is 1.92. The third-order valence-corrected chi connectivity index (χ3v) is 4.60. The maximum atomic E-state index is 3.64.